The second-order valence-electron chi connectivity index (χ2n) is 5.68. The van der Waals surface area contributed by atoms with Crippen molar-refractivity contribution in [1.82, 2.24) is 10.6 Å². The van der Waals surface area contributed by atoms with Crippen molar-refractivity contribution >= 4 is 5.91 Å². The fourth-order valence-electron chi connectivity index (χ4n) is 2.56. The average molecular weight is 240 g/mol. The Balaban J connectivity index is 1.74. The highest BCUT2D eigenvalue weighted by atomic mass is 16.5. The topological polar surface area (TPSA) is 50.4 Å². The third kappa shape index (κ3) is 3.68. The maximum atomic E-state index is 12.0. The fourth-order valence-corrected chi connectivity index (χ4v) is 2.56. The van der Waals surface area contributed by atoms with Crippen molar-refractivity contribution in [3.63, 3.8) is 0 Å². The van der Waals surface area contributed by atoms with Gasteiger partial charge in [0, 0.05) is 26.3 Å². The van der Waals surface area contributed by atoms with Gasteiger partial charge in [0.2, 0.25) is 5.91 Å². The molecule has 0 aromatic rings. The maximum Gasteiger partial charge on any atom is 0.224 e. The summed E-state index contributed by atoms with van der Waals surface area (Å²) in [5.41, 5.74) is 0.232. The van der Waals surface area contributed by atoms with Crippen LogP contribution in [0.2, 0.25) is 0 Å². The summed E-state index contributed by atoms with van der Waals surface area (Å²) >= 11 is 0. The summed E-state index contributed by atoms with van der Waals surface area (Å²) in [5.74, 6) is 0.400. The third-order valence-corrected chi connectivity index (χ3v) is 4.06. The van der Waals surface area contributed by atoms with E-state index >= 15 is 0 Å². The largest absolute Gasteiger partial charge is 0.381 e. The Kier molecular flexibility index (Phi) is 4.40. The van der Waals surface area contributed by atoms with E-state index in [-0.39, 0.29) is 17.2 Å². The van der Waals surface area contributed by atoms with E-state index in [2.05, 4.69) is 17.6 Å². The van der Waals surface area contributed by atoms with E-state index in [1.165, 1.54) is 0 Å². The molecule has 4 nitrogen and oxygen atoms in total. The van der Waals surface area contributed by atoms with Crippen LogP contribution < -0.4 is 10.6 Å². The van der Waals surface area contributed by atoms with Crippen molar-refractivity contribution in [1.29, 1.82) is 0 Å². The molecule has 0 unspecified atom stereocenters. The minimum atomic E-state index is 0.173. The first-order valence-electron chi connectivity index (χ1n) is 6.76. The lowest BCUT2D eigenvalue weighted by Gasteiger charge is -2.34. The van der Waals surface area contributed by atoms with Crippen LogP contribution in [0.1, 0.15) is 32.6 Å². The van der Waals surface area contributed by atoms with Crippen molar-refractivity contribution in [2.75, 3.05) is 32.8 Å². The number of hydrogen-bond acceptors (Lipinski definition) is 3. The number of carbonyl (C=O) groups excluding carboxylic acids is 1. The minimum Gasteiger partial charge on any atom is -0.381 e. The zero-order valence-corrected chi connectivity index (χ0v) is 10.8. The first kappa shape index (κ1) is 12.8. The molecule has 98 valence electrons. The number of piperidine rings is 1. The Morgan fingerprint density at radius 1 is 1.47 bits per heavy atom. The SMILES string of the molecule is CC1(CNC(=O)[C@H]2CCCNC2)CCOCC1. The van der Waals surface area contributed by atoms with E-state index in [1.807, 2.05) is 0 Å². The summed E-state index contributed by atoms with van der Waals surface area (Å²) in [4.78, 5) is 12.0. The van der Waals surface area contributed by atoms with E-state index in [0.29, 0.717) is 0 Å². The van der Waals surface area contributed by atoms with Crippen molar-refractivity contribution < 1.29 is 9.53 Å². The number of amides is 1. The lowest BCUT2D eigenvalue weighted by Crippen LogP contribution is -2.45. The first-order chi connectivity index (χ1) is 8.20. The van der Waals surface area contributed by atoms with Crippen molar-refractivity contribution in [3.05, 3.63) is 0 Å². The number of hydrogen-bond donors (Lipinski definition) is 2. The molecule has 0 radical (unpaired) electrons. The zero-order chi connectivity index (χ0) is 12.1. The van der Waals surface area contributed by atoms with Gasteiger partial charge in [-0.05, 0) is 37.6 Å². The van der Waals surface area contributed by atoms with Crippen LogP contribution >= 0.6 is 0 Å². The van der Waals surface area contributed by atoms with Gasteiger partial charge in [-0.2, -0.15) is 0 Å². The third-order valence-electron chi connectivity index (χ3n) is 4.06. The number of nitrogens with one attached hydrogen (secondary N) is 2. The Morgan fingerprint density at radius 3 is 2.88 bits per heavy atom. The minimum absolute atomic E-state index is 0.173. The van der Waals surface area contributed by atoms with Crippen molar-refractivity contribution in [2.45, 2.75) is 32.6 Å². The predicted molar refractivity (Wildman–Crippen MR) is 66.8 cm³/mol. The quantitative estimate of drug-likeness (QED) is 0.771. The highest BCUT2D eigenvalue weighted by Crippen LogP contribution is 2.28. The predicted octanol–water partition coefficient (Wildman–Crippen LogP) is 0.919. The molecule has 2 fully saturated rings. The van der Waals surface area contributed by atoms with Crippen LogP contribution in [0.5, 0.6) is 0 Å². The standard InChI is InChI=1S/C13H24N2O2/c1-13(4-7-17-8-5-13)10-15-12(16)11-3-2-6-14-9-11/h11,14H,2-10H2,1H3,(H,15,16)/t11-/m0/s1. The number of carbonyl (C=O) groups is 1. The van der Waals surface area contributed by atoms with Crippen LogP contribution in [0.25, 0.3) is 0 Å². The molecule has 17 heavy (non-hydrogen) atoms. The summed E-state index contributed by atoms with van der Waals surface area (Å²) in [6, 6.07) is 0. The summed E-state index contributed by atoms with van der Waals surface area (Å²) in [6.07, 6.45) is 4.24. The molecule has 2 rings (SSSR count). The van der Waals surface area contributed by atoms with Gasteiger partial charge in [-0.3, -0.25) is 4.79 Å². The van der Waals surface area contributed by atoms with Crippen LogP contribution in [-0.2, 0) is 9.53 Å². The molecule has 0 aliphatic carbocycles. The highest BCUT2D eigenvalue weighted by Gasteiger charge is 2.29. The molecule has 2 aliphatic heterocycles. The number of ether oxygens (including phenoxy) is 1. The molecule has 0 aromatic carbocycles. The van der Waals surface area contributed by atoms with E-state index < -0.39 is 0 Å². The van der Waals surface area contributed by atoms with Gasteiger partial charge in [0.25, 0.3) is 0 Å². The monoisotopic (exact) mass is 240 g/mol. The smallest absolute Gasteiger partial charge is 0.224 e. The van der Waals surface area contributed by atoms with Gasteiger partial charge < -0.3 is 15.4 Å². The van der Waals surface area contributed by atoms with Gasteiger partial charge in [0.1, 0.15) is 0 Å². The second-order valence-corrected chi connectivity index (χ2v) is 5.68. The maximum absolute atomic E-state index is 12.0. The molecule has 0 bridgehead atoms. The molecule has 4 heteroatoms. The lowest BCUT2D eigenvalue weighted by molar-refractivity contribution is -0.126. The van der Waals surface area contributed by atoms with Gasteiger partial charge in [0.15, 0.2) is 0 Å². The average Bonchev–Trinajstić information content (AvgIpc) is 2.38. The van der Waals surface area contributed by atoms with Gasteiger partial charge in [-0.1, -0.05) is 6.92 Å². The summed E-state index contributed by atoms with van der Waals surface area (Å²) < 4.78 is 5.37. The molecule has 0 spiro atoms. The van der Waals surface area contributed by atoms with Crippen LogP contribution in [0.4, 0.5) is 0 Å². The molecule has 2 heterocycles. The Hall–Kier alpha value is -0.610. The molecule has 2 aliphatic rings. The van der Waals surface area contributed by atoms with Crippen LogP contribution in [-0.4, -0.2) is 38.8 Å². The molecule has 1 atom stereocenters. The summed E-state index contributed by atoms with van der Waals surface area (Å²) in [6.45, 7) is 6.60. The second kappa shape index (κ2) is 5.83. The van der Waals surface area contributed by atoms with Gasteiger partial charge in [-0.15, -0.1) is 0 Å². The van der Waals surface area contributed by atoms with E-state index in [9.17, 15) is 4.79 Å². The van der Waals surface area contributed by atoms with Gasteiger partial charge in [0.05, 0.1) is 5.92 Å². The first-order valence-corrected chi connectivity index (χ1v) is 6.76. The Labute approximate surface area is 103 Å². The normalized spacial score (nSPS) is 28.6. The van der Waals surface area contributed by atoms with Crippen molar-refractivity contribution in [3.8, 4) is 0 Å². The molecule has 2 N–H and O–H groups in total. The van der Waals surface area contributed by atoms with Crippen LogP contribution in [0, 0.1) is 11.3 Å². The molecule has 2 saturated heterocycles. The van der Waals surface area contributed by atoms with E-state index in [4.69, 9.17) is 4.74 Å². The Bertz CT molecular complexity index is 256. The highest BCUT2D eigenvalue weighted by molar-refractivity contribution is 5.79. The molecular formula is C13H24N2O2. The summed E-state index contributed by atoms with van der Waals surface area (Å²) in [5, 5.41) is 6.41. The van der Waals surface area contributed by atoms with Gasteiger partial charge in [-0.25, -0.2) is 0 Å². The summed E-state index contributed by atoms with van der Waals surface area (Å²) in [7, 11) is 0. The molecule has 0 saturated carbocycles. The lowest BCUT2D eigenvalue weighted by atomic mass is 9.82. The van der Waals surface area contributed by atoms with E-state index in [1.54, 1.807) is 0 Å². The zero-order valence-electron chi connectivity index (χ0n) is 10.8. The Morgan fingerprint density at radius 2 is 2.24 bits per heavy atom. The van der Waals surface area contributed by atoms with Crippen molar-refractivity contribution in [2.24, 2.45) is 11.3 Å². The van der Waals surface area contributed by atoms with Crippen LogP contribution in [0.15, 0.2) is 0 Å². The fraction of sp³-hybridized carbons (Fsp3) is 0.923. The molecule has 1 amide bonds. The van der Waals surface area contributed by atoms with Gasteiger partial charge >= 0.3 is 0 Å². The molecule has 0 aromatic heterocycles. The van der Waals surface area contributed by atoms with Crippen LogP contribution in [0.3, 0.4) is 0 Å². The van der Waals surface area contributed by atoms with E-state index in [0.717, 1.165) is 58.5 Å². The molecular weight excluding hydrogens is 216 g/mol. The number of rotatable bonds is 3.